The first kappa shape index (κ1) is 14.8. The predicted octanol–water partition coefficient (Wildman–Crippen LogP) is 5.46. The van der Waals surface area contributed by atoms with Gasteiger partial charge in [0.05, 0.1) is 11.6 Å². The van der Waals surface area contributed by atoms with E-state index < -0.39 is 0 Å². The zero-order valence-corrected chi connectivity index (χ0v) is 12.1. The van der Waals surface area contributed by atoms with Crippen molar-refractivity contribution in [3.05, 3.63) is 40.9 Å². The van der Waals surface area contributed by atoms with Gasteiger partial charge in [-0.2, -0.15) is 5.26 Å². The second kappa shape index (κ2) is 6.61. The SMILES string of the molecule is CC(C)(C)CCC/C=C(\C#N)c1ccc(Cl)cc1. The maximum atomic E-state index is 9.16. The van der Waals surface area contributed by atoms with E-state index in [4.69, 9.17) is 16.9 Å². The van der Waals surface area contributed by atoms with Crippen molar-refractivity contribution in [2.45, 2.75) is 40.0 Å². The second-order valence-electron chi connectivity index (χ2n) is 5.69. The van der Waals surface area contributed by atoms with E-state index in [9.17, 15) is 0 Å². The van der Waals surface area contributed by atoms with Crippen LogP contribution in [0, 0.1) is 16.7 Å². The number of hydrogen-bond acceptors (Lipinski definition) is 1. The van der Waals surface area contributed by atoms with E-state index in [1.807, 2.05) is 30.3 Å². The molecular weight excluding hydrogens is 242 g/mol. The van der Waals surface area contributed by atoms with Crippen molar-refractivity contribution in [1.29, 1.82) is 5.26 Å². The predicted molar refractivity (Wildman–Crippen MR) is 78.3 cm³/mol. The van der Waals surface area contributed by atoms with Gasteiger partial charge < -0.3 is 0 Å². The summed E-state index contributed by atoms with van der Waals surface area (Å²) in [6.07, 6.45) is 5.25. The summed E-state index contributed by atoms with van der Waals surface area (Å²) in [5.74, 6) is 0. The van der Waals surface area contributed by atoms with Crippen LogP contribution in [0.15, 0.2) is 30.3 Å². The monoisotopic (exact) mass is 261 g/mol. The molecule has 0 unspecified atom stereocenters. The largest absolute Gasteiger partial charge is 0.192 e. The van der Waals surface area contributed by atoms with Crippen molar-refractivity contribution < 1.29 is 0 Å². The van der Waals surface area contributed by atoms with Crippen molar-refractivity contribution in [3.8, 4) is 6.07 Å². The van der Waals surface area contributed by atoms with Crippen molar-refractivity contribution >= 4 is 17.2 Å². The van der Waals surface area contributed by atoms with Crippen LogP contribution in [0.2, 0.25) is 5.02 Å². The van der Waals surface area contributed by atoms with Gasteiger partial charge in [0.25, 0.3) is 0 Å². The van der Waals surface area contributed by atoms with Crippen molar-refractivity contribution in [1.82, 2.24) is 0 Å². The van der Waals surface area contributed by atoms with Crippen LogP contribution in [0.1, 0.15) is 45.6 Å². The molecule has 0 heterocycles. The van der Waals surface area contributed by atoms with Crippen LogP contribution in [0.4, 0.5) is 0 Å². The van der Waals surface area contributed by atoms with Crippen molar-refractivity contribution in [2.75, 3.05) is 0 Å². The summed E-state index contributed by atoms with van der Waals surface area (Å²) < 4.78 is 0. The fourth-order valence-electron chi connectivity index (χ4n) is 1.74. The lowest BCUT2D eigenvalue weighted by molar-refractivity contribution is 0.367. The van der Waals surface area contributed by atoms with Crippen molar-refractivity contribution in [3.63, 3.8) is 0 Å². The molecule has 1 aromatic rings. The maximum absolute atomic E-state index is 9.16. The molecule has 0 saturated heterocycles. The summed E-state index contributed by atoms with van der Waals surface area (Å²) in [6.45, 7) is 6.71. The van der Waals surface area contributed by atoms with Gasteiger partial charge in [0.1, 0.15) is 0 Å². The Balaban J connectivity index is 2.62. The minimum Gasteiger partial charge on any atom is -0.192 e. The number of benzene rings is 1. The number of halogens is 1. The fraction of sp³-hybridized carbons (Fsp3) is 0.438. The Morgan fingerprint density at radius 2 is 1.89 bits per heavy atom. The van der Waals surface area contributed by atoms with Gasteiger partial charge in [0.2, 0.25) is 0 Å². The van der Waals surface area contributed by atoms with E-state index in [2.05, 4.69) is 26.8 Å². The Morgan fingerprint density at radius 3 is 2.39 bits per heavy atom. The highest BCUT2D eigenvalue weighted by atomic mass is 35.5. The summed E-state index contributed by atoms with van der Waals surface area (Å²) >= 11 is 5.83. The van der Waals surface area contributed by atoms with E-state index >= 15 is 0 Å². The first-order chi connectivity index (χ1) is 8.42. The molecule has 0 radical (unpaired) electrons. The number of hydrogen-bond donors (Lipinski definition) is 0. The molecule has 0 aliphatic heterocycles. The molecule has 2 heteroatoms. The number of nitrogens with zero attached hydrogens (tertiary/aromatic N) is 1. The minimum atomic E-state index is 0.362. The van der Waals surface area contributed by atoms with Crippen LogP contribution in [0.3, 0.4) is 0 Å². The summed E-state index contributed by atoms with van der Waals surface area (Å²) in [5, 5.41) is 9.85. The van der Waals surface area contributed by atoms with Crippen LogP contribution in [-0.4, -0.2) is 0 Å². The molecule has 1 nitrogen and oxygen atoms in total. The van der Waals surface area contributed by atoms with E-state index in [1.54, 1.807) is 0 Å². The van der Waals surface area contributed by atoms with Crippen LogP contribution >= 0.6 is 11.6 Å². The Labute approximate surface area is 115 Å². The normalized spacial score (nSPS) is 12.3. The lowest BCUT2D eigenvalue weighted by Gasteiger charge is -2.16. The van der Waals surface area contributed by atoms with Crippen LogP contribution in [-0.2, 0) is 0 Å². The quantitative estimate of drug-likeness (QED) is 0.521. The average molecular weight is 262 g/mol. The molecule has 0 aliphatic carbocycles. The zero-order chi connectivity index (χ0) is 13.6. The van der Waals surface area contributed by atoms with Crippen LogP contribution in [0.5, 0.6) is 0 Å². The number of allylic oxidation sites excluding steroid dienone is 2. The smallest absolute Gasteiger partial charge is 0.0994 e. The number of rotatable bonds is 4. The Morgan fingerprint density at radius 1 is 1.28 bits per heavy atom. The van der Waals surface area contributed by atoms with Crippen molar-refractivity contribution in [2.24, 2.45) is 5.41 Å². The third-order valence-corrected chi connectivity index (χ3v) is 3.01. The highest BCUT2D eigenvalue weighted by Crippen LogP contribution is 2.23. The Bertz CT molecular complexity index is 443. The summed E-state index contributed by atoms with van der Waals surface area (Å²) in [7, 11) is 0. The Kier molecular flexibility index (Phi) is 5.44. The highest BCUT2D eigenvalue weighted by molar-refractivity contribution is 6.30. The molecule has 0 aromatic heterocycles. The fourth-order valence-corrected chi connectivity index (χ4v) is 1.86. The Hall–Kier alpha value is -1.26. The average Bonchev–Trinajstić information content (AvgIpc) is 2.29. The molecule has 0 saturated carbocycles. The lowest BCUT2D eigenvalue weighted by Crippen LogP contribution is -2.03. The van der Waals surface area contributed by atoms with Gasteiger partial charge in [-0.1, -0.05) is 50.6 Å². The molecule has 0 aliphatic rings. The molecular formula is C16H20ClN. The number of unbranched alkanes of at least 4 members (excludes halogenated alkanes) is 1. The molecule has 0 N–H and O–H groups in total. The van der Waals surface area contributed by atoms with Gasteiger partial charge >= 0.3 is 0 Å². The molecule has 0 atom stereocenters. The van der Waals surface area contributed by atoms with Crippen LogP contribution in [0.25, 0.3) is 5.57 Å². The van der Waals surface area contributed by atoms with Gasteiger partial charge in [-0.15, -0.1) is 0 Å². The van der Waals surface area contributed by atoms with Crippen LogP contribution < -0.4 is 0 Å². The van der Waals surface area contributed by atoms with E-state index in [0.29, 0.717) is 10.4 Å². The third-order valence-electron chi connectivity index (χ3n) is 2.76. The lowest BCUT2D eigenvalue weighted by atomic mass is 9.89. The summed E-state index contributed by atoms with van der Waals surface area (Å²) in [4.78, 5) is 0. The highest BCUT2D eigenvalue weighted by Gasteiger charge is 2.08. The summed E-state index contributed by atoms with van der Waals surface area (Å²) in [6, 6.07) is 9.67. The standard InChI is InChI=1S/C16H20ClN/c1-16(2,3)11-5-4-6-14(12-18)13-7-9-15(17)10-8-13/h6-10H,4-5,11H2,1-3H3/b14-6+. The maximum Gasteiger partial charge on any atom is 0.0994 e. The first-order valence-electron chi connectivity index (χ1n) is 6.28. The van der Waals surface area contributed by atoms with Gasteiger partial charge in [-0.25, -0.2) is 0 Å². The van der Waals surface area contributed by atoms with Gasteiger partial charge in [0.15, 0.2) is 0 Å². The first-order valence-corrected chi connectivity index (χ1v) is 6.66. The van der Waals surface area contributed by atoms with Gasteiger partial charge in [-0.3, -0.25) is 0 Å². The molecule has 0 spiro atoms. The van der Waals surface area contributed by atoms with Gasteiger partial charge in [-0.05, 0) is 42.4 Å². The molecule has 96 valence electrons. The summed E-state index contributed by atoms with van der Waals surface area (Å²) in [5.41, 5.74) is 2.04. The van der Waals surface area contributed by atoms with Gasteiger partial charge in [0, 0.05) is 5.02 Å². The molecule has 0 amide bonds. The molecule has 18 heavy (non-hydrogen) atoms. The second-order valence-corrected chi connectivity index (χ2v) is 6.13. The zero-order valence-electron chi connectivity index (χ0n) is 11.3. The molecule has 0 bridgehead atoms. The van der Waals surface area contributed by atoms with E-state index in [-0.39, 0.29) is 0 Å². The third kappa shape index (κ3) is 5.38. The molecule has 0 fully saturated rings. The number of nitriles is 1. The van der Waals surface area contributed by atoms with E-state index in [1.165, 1.54) is 6.42 Å². The minimum absolute atomic E-state index is 0.362. The van der Waals surface area contributed by atoms with E-state index in [0.717, 1.165) is 24.0 Å². The topological polar surface area (TPSA) is 23.8 Å². The molecule has 1 rings (SSSR count). The molecule has 1 aromatic carbocycles.